The fourth-order valence-corrected chi connectivity index (χ4v) is 2.66. The van der Waals surface area contributed by atoms with E-state index in [1.54, 1.807) is 11.3 Å². The summed E-state index contributed by atoms with van der Waals surface area (Å²) in [7, 11) is 0. The minimum absolute atomic E-state index is 0.533. The molecule has 0 spiro atoms. The van der Waals surface area contributed by atoms with Crippen LogP contribution in [0.1, 0.15) is 5.82 Å². The minimum Gasteiger partial charge on any atom is -0.333 e. The lowest BCUT2D eigenvalue weighted by molar-refractivity contribution is 0.423. The van der Waals surface area contributed by atoms with E-state index in [4.69, 9.17) is 10.3 Å². The number of nitrogens with zero attached hydrogens (tertiary/aromatic N) is 2. The topological polar surface area (TPSA) is 64.9 Å². The predicted octanol–water partition coefficient (Wildman–Crippen LogP) is 2.45. The van der Waals surface area contributed by atoms with Crippen LogP contribution in [0.2, 0.25) is 0 Å². The standard InChI is InChI=1S/C12H11N3OS/c13-6-5-11-14-12(16-15-11)10-7-8-3-1-2-4-9(8)17-10/h1-4,7H,5-6,13H2. The summed E-state index contributed by atoms with van der Waals surface area (Å²) in [6.45, 7) is 0.533. The Labute approximate surface area is 102 Å². The summed E-state index contributed by atoms with van der Waals surface area (Å²) >= 11 is 1.65. The third-order valence-electron chi connectivity index (χ3n) is 2.47. The molecule has 4 nitrogen and oxygen atoms in total. The van der Waals surface area contributed by atoms with Gasteiger partial charge in [-0.15, -0.1) is 11.3 Å². The highest BCUT2D eigenvalue weighted by atomic mass is 32.1. The average molecular weight is 245 g/mol. The molecule has 0 aliphatic carbocycles. The van der Waals surface area contributed by atoms with Crippen molar-refractivity contribution in [2.24, 2.45) is 5.73 Å². The number of thiophene rings is 1. The molecule has 0 bridgehead atoms. The monoisotopic (exact) mass is 245 g/mol. The van der Waals surface area contributed by atoms with Gasteiger partial charge in [0.2, 0.25) is 0 Å². The Morgan fingerprint density at radius 1 is 1.29 bits per heavy atom. The first-order chi connectivity index (χ1) is 8.36. The van der Waals surface area contributed by atoms with Crippen molar-refractivity contribution in [3.8, 4) is 10.8 Å². The molecule has 0 saturated carbocycles. The molecule has 86 valence electrons. The van der Waals surface area contributed by atoms with Crippen molar-refractivity contribution < 1.29 is 4.52 Å². The van der Waals surface area contributed by atoms with Crippen molar-refractivity contribution in [1.29, 1.82) is 0 Å². The molecule has 0 aliphatic heterocycles. The maximum absolute atomic E-state index is 5.45. The van der Waals surface area contributed by atoms with Gasteiger partial charge in [-0.25, -0.2) is 0 Å². The van der Waals surface area contributed by atoms with E-state index in [-0.39, 0.29) is 0 Å². The lowest BCUT2D eigenvalue weighted by atomic mass is 10.2. The first-order valence-corrected chi connectivity index (χ1v) is 6.20. The van der Waals surface area contributed by atoms with Gasteiger partial charge in [0.15, 0.2) is 5.82 Å². The Bertz CT molecular complexity index is 611. The molecule has 0 radical (unpaired) electrons. The highest BCUT2D eigenvalue weighted by Crippen LogP contribution is 2.32. The first kappa shape index (κ1) is 10.4. The fourth-order valence-electron chi connectivity index (χ4n) is 1.67. The van der Waals surface area contributed by atoms with Crippen LogP contribution in [-0.2, 0) is 6.42 Å². The predicted molar refractivity (Wildman–Crippen MR) is 67.9 cm³/mol. The van der Waals surface area contributed by atoms with Crippen LogP contribution in [0.3, 0.4) is 0 Å². The Morgan fingerprint density at radius 2 is 2.18 bits per heavy atom. The van der Waals surface area contributed by atoms with Gasteiger partial charge in [0.1, 0.15) is 0 Å². The molecular weight excluding hydrogens is 234 g/mol. The smallest absolute Gasteiger partial charge is 0.268 e. The van der Waals surface area contributed by atoms with Crippen molar-refractivity contribution in [3.05, 3.63) is 36.2 Å². The van der Waals surface area contributed by atoms with Gasteiger partial charge in [0.25, 0.3) is 5.89 Å². The van der Waals surface area contributed by atoms with Gasteiger partial charge in [-0.1, -0.05) is 23.4 Å². The van der Waals surface area contributed by atoms with Crippen molar-refractivity contribution in [1.82, 2.24) is 10.1 Å². The second-order valence-electron chi connectivity index (χ2n) is 3.70. The number of hydrogen-bond acceptors (Lipinski definition) is 5. The van der Waals surface area contributed by atoms with Crippen molar-refractivity contribution in [3.63, 3.8) is 0 Å². The molecule has 0 saturated heterocycles. The van der Waals surface area contributed by atoms with Crippen LogP contribution < -0.4 is 5.73 Å². The van der Waals surface area contributed by atoms with Crippen molar-refractivity contribution in [2.75, 3.05) is 6.54 Å². The van der Waals surface area contributed by atoms with Gasteiger partial charge in [-0.05, 0) is 24.1 Å². The molecule has 1 aromatic carbocycles. The molecule has 2 heterocycles. The average Bonchev–Trinajstić information content (AvgIpc) is 2.94. The van der Waals surface area contributed by atoms with Gasteiger partial charge in [-0.2, -0.15) is 4.98 Å². The lowest BCUT2D eigenvalue weighted by Gasteiger charge is -1.84. The second-order valence-corrected chi connectivity index (χ2v) is 4.79. The summed E-state index contributed by atoms with van der Waals surface area (Å²) in [4.78, 5) is 5.32. The highest BCUT2D eigenvalue weighted by Gasteiger charge is 2.11. The van der Waals surface area contributed by atoms with E-state index >= 15 is 0 Å². The molecule has 2 N–H and O–H groups in total. The molecule has 3 aromatic rings. The molecule has 0 atom stereocenters. The quantitative estimate of drug-likeness (QED) is 0.769. The third-order valence-corrected chi connectivity index (χ3v) is 3.58. The number of aromatic nitrogens is 2. The fraction of sp³-hybridized carbons (Fsp3) is 0.167. The van der Waals surface area contributed by atoms with Crippen LogP contribution in [0.15, 0.2) is 34.9 Å². The van der Waals surface area contributed by atoms with Gasteiger partial charge in [-0.3, -0.25) is 0 Å². The first-order valence-electron chi connectivity index (χ1n) is 5.38. The third kappa shape index (κ3) is 1.94. The van der Waals surface area contributed by atoms with Gasteiger partial charge in [0.05, 0.1) is 4.88 Å². The number of hydrogen-bond donors (Lipinski definition) is 1. The lowest BCUT2D eigenvalue weighted by Crippen LogP contribution is -2.03. The van der Waals surface area contributed by atoms with Crippen LogP contribution in [0, 0.1) is 0 Å². The van der Waals surface area contributed by atoms with E-state index in [9.17, 15) is 0 Å². The maximum atomic E-state index is 5.45. The summed E-state index contributed by atoms with van der Waals surface area (Å²) in [6, 6.07) is 10.3. The number of benzene rings is 1. The van der Waals surface area contributed by atoms with E-state index in [1.165, 1.54) is 10.1 Å². The molecule has 3 rings (SSSR count). The molecule has 0 aliphatic rings. The van der Waals surface area contributed by atoms with Crippen LogP contribution >= 0.6 is 11.3 Å². The van der Waals surface area contributed by atoms with Gasteiger partial charge >= 0.3 is 0 Å². The molecule has 5 heteroatoms. The van der Waals surface area contributed by atoms with E-state index in [1.807, 2.05) is 12.1 Å². The van der Waals surface area contributed by atoms with Crippen LogP contribution in [0.25, 0.3) is 20.9 Å². The van der Waals surface area contributed by atoms with Crippen molar-refractivity contribution in [2.45, 2.75) is 6.42 Å². The summed E-state index contributed by atoms with van der Waals surface area (Å²) in [6.07, 6.45) is 0.647. The summed E-state index contributed by atoms with van der Waals surface area (Å²) < 4.78 is 6.45. The maximum Gasteiger partial charge on any atom is 0.268 e. The Balaban J connectivity index is 2.01. The Kier molecular flexibility index (Phi) is 2.62. The van der Waals surface area contributed by atoms with Gasteiger partial charge in [0, 0.05) is 11.1 Å². The van der Waals surface area contributed by atoms with E-state index < -0.39 is 0 Å². The number of nitrogens with two attached hydrogens (primary N) is 1. The molecule has 0 fully saturated rings. The zero-order valence-corrected chi connectivity index (χ0v) is 9.91. The van der Waals surface area contributed by atoms with E-state index in [0.717, 1.165) is 4.88 Å². The van der Waals surface area contributed by atoms with E-state index in [0.29, 0.717) is 24.7 Å². The number of rotatable bonds is 3. The van der Waals surface area contributed by atoms with Crippen LogP contribution in [0.4, 0.5) is 0 Å². The summed E-state index contributed by atoms with van der Waals surface area (Å²) in [5.74, 6) is 1.25. The molecule has 0 amide bonds. The molecular formula is C12H11N3OS. The normalized spacial score (nSPS) is 11.1. The van der Waals surface area contributed by atoms with Crippen molar-refractivity contribution >= 4 is 21.4 Å². The van der Waals surface area contributed by atoms with E-state index in [2.05, 4.69) is 28.3 Å². The largest absolute Gasteiger partial charge is 0.333 e. The number of fused-ring (bicyclic) bond motifs is 1. The molecule has 17 heavy (non-hydrogen) atoms. The van der Waals surface area contributed by atoms with Gasteiger partial charge < -0.3 is 10.3 Å². The molecule has 2 aromatic heterocycles. The minimum atomic E-state index is 0.533. The Hall–Kier alpha value is -1.72. The SMILES string of the molecule is NCCc1noc(-c2cc3ccccc3s2)n1. The molecule has 0 unspecified atom stereocenters. The summed E-state index contributed by atoms with van der Waals surface area (Å²) in [5.41, 5.74) is 5.45. The summed E-state index contributed by atoms with van der Waals surface area (Å²) in [5, 5.41) is 5.09. The highest BCUT2D eigenvalue weighted by molar-refractivity contribution is 7.22. The zero-order chi connectivity index (χ0) is 11.7. The van der Waals surface area contributed by atoms with Crippen LogP contribution in [0.5, 0.6) is 0 Å². The second kappa shape index (κ2) is 4.27. The zero-order valence-electron chi connectivity index (χ0n) is 9.09. The van der Waals surface area contributed by atoms with Crippen LogP contribution in [-0.4, -0.2) is 16.7 Å². The Morgan fingerprint density at radius 3 is 3.00 bits per heavy atom.